The van der Waals surface area contributed by atoms with Crippen LogP contribution in [0, 0.1) is 0 Å². The summed E-state index contributed by atoms with van der Waals surface area (Å²) in [7, 11) is 3.36. The van der Waals surface area contributed by atoms with E-state index in [0.717, 1.165) is 0 Å². The Bertz CT molecular complexity index is 144. The van der Waals surface area contributed by atoms with Gasteiger partial charge in [0.15, 0.2) is 0 Å². The molecule has 0 aromatic carbocycles. The number of methoxy groups -OCH3 is 2. The number of rotatable bonds is 2. The minimum Gasteiger partial charge on any atom is -0.376 e. The van der Waals surface area contributed by atoms with Crippen molar-refractivity contribution in [2.75, 3.05) is 27.4 Å². The average molecular weight is 204 g/mol. The number of hydrogen-bond donors (Lipinski definition) is 0. The average Bonchev–Trinajstić information content (AvgIpc) is 2.80. The van der Waals surface area contributed by atoms with E-state index < -0.39 is 0 Å². The summed E-state index contributed by atoms with van der Waals surface area (Å²) in [5.74, 6) is 0. The Hall–Kier alpha value is -0.160. The third kappa shape index (κ3) is 2.08. The van der Waals surface area contributed by atoms with Crippen LogP contribution in [0.5, 0.6) is 0 Å². The second-order valence-corrected chi connectivity index (χ2v) is 3.14. The van der Waals surface area contributed by atoms with E-state index in [-0.39, 0.29) is 24.4 Å². The predicted molar refractivity (Wildman–Crippen MR) is 52.4 cm³/mol. The molecule has 2 fully saturated rings. The van der Waals surface area contributed by atoms with Gasteiger partial charge in [-0.3, -0.25) is 0 Å². The summed E-state index contributed by atoms with van der Waals surface area (Å²) in [6, 6.07) is 0. The van der Waals surface area contributed by atoms with Crippen molar-refractivity contribution in [2.45, 2.75) is 38.3 Å². The highest BCUT2D eigenvalue weighted by atomic mass is 16.6. The van der Waals surface area contributed by atoms with Crippen LogP contribution in [0.3, 0.4) is 0 Å². The predicted octanol–water partition coefficient (Wildman–Crippen LogP) is 0.840. The molecule has 4 nitrogen and oxygen atoms in total. The van der Waals surface area contributed by atoms with Crippen molar-refractivity contribution in [2.24, 2.45) is 0 Å². The Morgan fingerprint density at radius 2 is 1.21 bits per heavy atom. The molecule has 0 aliphatic carbocycles. The molecule has 0 amide bonds. The standard InChI is InChI=1S/C8H14O4.C2H6/c1-9-5-3-11-8-6(10-2)4-12-7(5)8;1-2/h5-8H,3-4H2,1-2H3;1-2H3/t5-,6+,7-,8-;/m0./s1. The van der Waals surface area contributed by atoms with Crippen LogP contribution in [0.2, 0.25) is 0 Å². The van der Waals surface area contributed by atoms with Crippen LogP contribution in [-0.2, 0) is 18.9 Å². The van der Waals surface area contributed by atoms with E-state index in [1.807, 2.05) is 13.8 Å². The van der Waals surface area contributed by atoms with Gasteiger partial charge in [0.05, 0.1) is 13.2 Å². The lowest BCUT2D eigenvalue weighted by molar-refractivity contribution is -0.0267. The molecule has 0 N–H and O–H groups in total. The summed E-state index contributed by atoms with van der Waals surface area (Å²) in [6.45, 7) is 5.23. The van der Waals surface area contributed by atoms with Crippen LogP contribution in [0.25, 0.3) is 0 Å². The highest BCUT2D eigenvalue weighted by Crippen LogP contribution is 2.29. The molecule has 2 aliphatic heterocycles. The molecule has 0 aromatic heterocycles. The van der Waals surface area contributed by atoms with Crippen molar-refractivity contribution in [1.29, 1.82) is 0 Å². The van der Waals surface area contributed by atoms with Crippen LogP contribution in [0.1, 0.15) is 13.8 Å². The normalized spacial score (nSPS) is 40.3. The first kappa shape index (κ1) is 11.9. The molecule has 84 valence electrons. The summed E-state index contributed by atoms with van der Waals surface area (Å²) >= 11 is 0. The van der Waals surface area contributed by atoms with Gasteiger partial charge < -0.3 is 18.9 Å². The number of ether oxygens (including phenoxy) is 4. The Balaban J connectivity index is 0.000000461. The molecule has 0 unspecified atom stereocenters. The van der Waals surface area contributed by atoms with E-state index in [1.165, 1.54) is 0 Å². The van der Waals surface area contributed by atoms with Crippen LogP contribution in [-0.4, -0.2) is 51.8 Å². The van der Waals surface area contributed by atoms with Gasteiger partial charge in [0.1, 0.15) is 24.4 Å². The van der Waals surface area contributed by atoms with Gasteiger partial charge in [-0.05, 0) is 0 Å². The van der Waals surface area contributed by atoms with Crippen molar-refractivity contribution >= 4 is 0 Å². The van der Waals surface area contributed by atoms with Crippen molar-refractivity contribution < 1.29 is 18.9 Å². The SMILES string of the molecule is CC.CO[C@H]1CO[C@@H]2[C@H]1OC[C@H]2OC. The van der Waals surface area contributed by atoms with Crippen LogP contribution >= 0.6 is 0 Å². The molecule has 2 saturated heterocycles. The number of fused-ring (bicyclic) bond motifs is 1. The summed E-state index contributed by atoms with van der Waals surface area (Å²) in [5, 5.41) is 0. The molecule has 4 heteroatoms. The summed E-state index contributed by atoms with van der Waals surface area (Å²) < 4.78 is 21.4. The third-order valence-electron chi connectivity index (χ3n) is 2.57. The molecule has 2 rings (SSSR count). The molecule has 2 aliphatic rings. The van der Waals surface area contributed by atoms with Gasteiger partial charge in [0.25, 0.3) is 0 Å². The zero-order valence-electron chi connectivity index (χ0n) is 9.36. The molecule has 14 heavy (non-hydrogen) atoms. The lowest BCUT2D eigenvalue weighted by atomic mass is 10.1. The van der Waals surface area contributed by atoms with E-state index in [1.54, 1.807) is 14.2 Å². The molecule has 2 heterocycles. The largest absolute Gasteiger partial charge is 0.376 e. The highest BCUT2D eigenvalue weighted by Gasteiger charge is 2.48. The van der Waals surface area contributed by atoms with Crippen molar-refractivity contribution in [3.63, 3.8) is 0 Å². The minimum absolute atomic E-state index is 0.0694. The zero-order chi connectivity index (χ0) is 10.6. The maximum absolute atomic E-state index is 5.51. The molecule has 0 aromatic rings. The number of hydrogen-bond acceptors (Lipinski definition) is 4. The fraction of sp³-hybridized carbons (Fsp3) is 1.00. The first-order chi connectivity index (χ1) is 6.86. The quantitative estimate of drug-likeness (QED) is 0.668. The first-order valence-corrected chi connectivity index (χ1v) is 5.15. The van der Waals surface area contributed by atoms with E-state index in [9.17, 15) is 0 Å². The summed E-state index contributed by atoms with van der Waals surface area (Å²) in [4.78, 5) is 0. The van der Waals surface area contributed by atoms with Crippen molar-refractivity contribution in [3.05, 3.63) is 0 Å². The highest BCUT2D eigenvalue weighted by molar-refractivity contribution is 4.95. The second-order valence-electron chi connectivity index (χ2n) is 3.14. The second kappa shape index (κ2) is 5.66. The van der Waals surface area contributed by atoms with Gasteiger partial charge in [-0.2, -0.15) is 0 Å². The molecule has 0 saturated carbocycles. The fourth-order valence-electron chi connectivity index (χ4n) is 1.83. The maximum Gasteiger partial charge on any atom is 0.115 e. The molecule has 0 spiro atoms. The van der Waals surface area contributed by atoms with Crippen LogP contribution < -0.4 is 0 Å². The Labute approximate surface area is 85.5 Å². The van der Waals surface area contributed by atoms with Gasteiger partial charge >= 0.3 is 0 Å². The van der Waals surface area contributed by atoms with E-state index in [2.05, 4.69) is 0 Å². The van der Waals surface area contributed by atoms with Gasteiger partial charge in [-0.1, -0.05) is 13.8 Å². The first-order valence-electron chi connectivity index (χ1n) is 5.15. The van der Waals surface area contributed by atoms with Gasteiger partial charge in [0.2, 0.25) is 0 Å². The fourth-order valence-corrected chi connectivity index (χ4v) is 1.83. The maximum atomic E-state index is 5.51. The van der Waals surface area contributed by atoms with E-state index in [0.29, 0.717) is 13.2 Å². The Morgan fingerprint density at radius 3 is 1.50 bits per heavy atom. The zero-order valence-corrected chi connectivity index (χ0v) is 9.36. The Morgan fingerprint density at radius 1 is 0.857 bits per heavy atom. The lowest BCUT2D eigenvalue weighted by Crippen LogP contribution is -2.32. The van der Waals surface area contributed by atoms with Crippen molar-refractivity contribution in [3.8, 4) is 0 Å². The molecular weight excluding hydrogens is 184 g/mol. The van der Waals surface area contributed by atoms with Crippen LogP contribution in [0.4, 0.5) is 0 Å². The van der Waals surface area contributed by atoms with E-state index in [4.69, 9.17) is 18.9 Å². The summed E-state index contributed by atoms with van der Waals surface area (Å²) in [5.41, 5.74) is 0. The molecule has 0 radical (unpaired) electrons. The monoisotopic (exact) mass is 204 g/mol. The van der Waals surface area contributed by atoms with Gasteiger partial charge in [0, 0.05) is 14.2 Å². The molecule has 4 atom stereocenters. The molecular formula is C10H20O4. The lowest BCUT2D eigenvalue weighted by Gasteiger charge is -2.14. The third-order valence-corrected chi connectivity index (χ3v) is 2.57. The van der Waals surface area contributed by atoms with E-state index >= 15 is 0 Å². The summed E-state index contributed by atoms with van der Waals surface area (Å²) in [6.07, 6.45) is 0.296. The smallest absolute Gasteiger partial charge is 0.115 e. The van der Waals surface area contributed by atoms with Crippen molar-refractivity contribution in [1.82, 2.24) is 0 Å². The van der Waals surface area contributed by atoms with Gasteiger partial charge in [-0.15, -0.1) is 0 Å². The Kier molecular flexibility index (Phi) is 4.81. The van der Waals surface area contributed by atoms with Crippen LogP contribution in [0.15, 0.2) is 0 Å². The van der Waals surface area contributed by atoms with Gasteiger partial charge in [-0.25, -0.2) is 0 Å². The topological polar surface area (TPSA) is 36.9 Å². The molecule has 0 bridgehead atoms. The minimum atomic E-state index is 0.0694.